The molecule has 0 saturated carbocycles. The van der Waals surface area contributed by atoms with E-state index in [1.54, 1.807) is 29.6 Å². The van der Waals surface area contributed by atoms with E-state index in [4.69, 9.17) is 5.11 Å². The number of amides is 1. The highest BCUT2D eigenvalue weighted by Gasteiger charge is 2.16. The smallest absolute Gasteiger partial charge is 0.269 e. The number of nitrogens with zero attached hydrogens (tertiary/aromatic N) is 2. The van der Waals surface area contributed by atoms with E-state index in [-0.39, 0.29) is 18.6 Å². The number of aromatic nitrogens is 2. The molecule has 0 fully saturated rings. The summed E-state index contributed by atoms with van der Waals surface area (Å²) in [4.78, 5) is 12.0. The Morgan fingerprint density at radius 3 is 2.88 bits per heavy atom. The summed E-state index contributed by atoms with van der Waals surface area (Å²) in [6.07, 6.45) is 2.55. The zero-order valence-electron chi connectivity index (χ0n) is 10.4. The van der Waals surface area contributed by atoms with E-state index in [1.807, 2.05) is 13.2 Å². The average molecular weight is 257 g/mol. The second-order valence-electron chi connectivity index (χ2n) is 3.93. The Kier molecular flexibility index (Phi) is 5.50. The molecule has 96 valence electrons. The molecule has 2 N–H and O–H groups in total. The van der Waals surface area contributed by atoms with E-state index >= 15 is 0 Å². The fraction of sp³-hybridized carbons (Fsp3) is 0.636. The molecule has 0 unspecified atom stereocenters. The third-order valence-corrected chi connectivity index (χ3v) is 3.15. The Labute approximate surface area is 106 Å². The second-order valence-corrected chi connectivity index (χ2v) is 4.84. The summed E-state index contributed by atoms with van der Waals surface area (Å²) in [7, 11) is 1.75. The van der Waals surface area contributed by atoms with Crippen LogP contribution in [0.4, 0.5) is 0 Å². The normalized spacial score (nSPS) is 12.5. The minimum Gasteiger partial charge on any atom is -0.396 e. The zero-order chi connectivity index (χ0) is 12.8. The van der Waals surface area contributed by atoms with Crippen LogP contribution >= 0.6 is 11.8 Å². The summed E-state index contributed by atoms with van der Waals surface area (Å²) in [6, 6.07) is 1.75. The molecule has 1 aromatic heterocycles. The van der Waals surface area contributed by atoms with Crippen LogP contribution < -0.4 is 5.32 Å². The Hall–Kier alpha value is -1.01. The van der Waals surface area contributed by atoms with E-state index in [2.05, 4.69) is 10.4 Å². The number of nitrogens with one attached hydrogen (secondary N) is 1. The molecular weight excluding hydrogens is 238 g/mol. The molecule has 1 atom stereocenters. The summed E-state index contributed by atoms with van der Waals surface area (Å²) in [5.41, 5.74) is 1.37. The average Bonchev–Trinajstić information content (AvgIpc) is 2.58. The van der Waals surface area contributed by atoms with Crippen LogP contribution in [0.5, 0.6) is 0 Å². The zero-order valence-corrected chi connectivity index (χ0v) is 11.3. The monoisotopic (exact) mass is 257 g/mol. The first kappa shape index (κ1) is 14.1. The van der Waals surface area contributed by atoms with Crippen molar-refractivity contribution >= 4 is 17.7 Å². The first-order valence-corrected chi connectivity index (χ1v) is 6.89. The lowest BCUT2D eigenvalue weighted by atomic mass is 10.2. The summed E-state index contributed by atoms with van der Waals surface area (Å²) in [5.74, 6) is 0.656. The minimum atomic E-state index is -0.138. The van der Waals surface area contributed by atoms with Crippen molar-refractivity contribution < 1.29 is 9.90 Å². The molecule has 0 bridgehead atoms. The number of aryl methyl sites for hydroxylation is 2. The van der Waals surface area contributed by atoms with Gasteiger partial charge in [-0.15, -0.1) is 0 Å². The second kappa shape index (κ2) is 6.66. The number of aliphatic hydroxyl groups excluding tert-OH is 1. The molecular formula is C11H19N3O2S. The highest BCUT2D eigenvalue weighted by molar-refractivity contribution is 7.98. The third-order valence-electron chi connectivity index (χ3n) is 2.42. The predicted octanol–water partition coefficient (Wildman–Crippen LogP) is 0.572. The maximum atomic E-state index is 12.0. The molecule has 0 aromatic carbocycles. The number of rotatable bonds is 6. The molecule has 0 spiro atoms. The molecule has 17 heavy (non-hydrogen) atoms. The van der Waals surface area contributed by atoms with Gasteiger partial charge < -0.3 is 10.4 Å². The van der Waals surface area contributed by atoms with Gasteiger partial charge in [0.15, 0.2) is 0 Å². The van der Waals surface area contributed by atoms with Gasteiger partial charge in [0.25, 0.3) is 5.91 Å². The SMILES string of the molecule is CSC[C@@H](CCO)NC(=O)c1cc(C)nn1C. The quantitative estimate of drug-likeness (QED) is 0.782. The van der Waals surface area contributed by atoms with Crippen molar-refractivity contribution in [1.82, 2.24) is 15.1 Å². The molecule has 0 aliphatic carbocycles. The number of hydrogen-bond acceptors (Lipinski definition) is 4. The van der Waals surface area contributed by atoms with Crippen molar-refractivity contribution in [3.8, 4) is 0 Å². The molecule has 5 nitrogen and oxygen atoms in total. The molecule has 1 aromatic rings. The van der Waals surface area contributed by atoms with Crippen LogP contribution in [0.1, 0.15) is 22.6 Å². The largest absolute Gasteiger partial charge is 0.396 e. The molecule has 1 amide bonds. The van der Waals surface area contributed by atoms with Crippen molar-refractivity contribution in [2.24, 2.45) is 7.05 Å². The van der Waals surface area contributed by atoms with Crippen molar-refractivity contribution in [2.75, 3.05) is 18.6 Å². The lowest BCUT2D eigenvalue weighted by molar-refractivity contribution is 0.0926. The van der Waals surface area contributed by atoms with Gasteiger partial charge in [-0.3, -0.25) is 9.48 Å². The minimum absolute atomic E-state index is 0.00212. The van der Waals surface area contributed by atoms with Gasteiger partial charge in [-0.1, -0.05) is 0 Å². The van der Waals surface area contributed by atoms with Crippen molar-refractivity contribution in [1.29, 1.82) is 0 Å². The van der Waals surface area contributed by atoms with Gasteiger partial charge in [0.2, 0.25) is 0 Å². The molecule has 0 radical (unpaired) electrons. The molecule has 0 aliphatic heterocycles. The fourth-order valence-electron chi connectivity index (χ4n) is 1.64. The van der Waals surface area contributed by atoms with E-state index in [9.17, 15) is 4.79 Å². The van der Waals surface area contributed by atoms with Crippen LogP contribution in [-0.4, -0.2) is 45.5 Å². The van der Waals surface area contributed by atoms with Gasteiger partial charge in [0.1, 0.15) is 5.69 Å². The van der Waals surface area contributed by atoms with E-state index < -0.39 is 0 Å². The summed E-state index contributed by atoms with van der Waals surface area (Å²) in [5, 5.41) is 16.0. The standard InChI is InChI=1S/C11H19N3O2S/c1-8-6-10(14(2)13-8)11(16)12-9(4-5-15)7-17-3/h6,9,15H,4-5,7H2,1-3H3,(H,12,16)/t9-/m1/s1. The molecule has 0 saturated heterocycles. The number of carbonyl (C=O) groups excluding carboxylic acids is 1. The van der Waals surface area contributed by atoms with Gasteiger partial charge in [-0.2, -0.15) is 16.9 Å². The van der Waals surface area contributed by atoms with Crippen molar-refractivity contribution in [2.45, 2.75) is 19.4 Å². The fourth-order valence-corrected chi connectivity index (χ4v) is 2.29. The molecule has 6 heteroatoms. The van der Waals surface area contributed by atoms with Crippen LogP contribution in [0, 0.1) is 6.92 Å². The summed E-state index contributed by atoms with van der Waals surface area (Å²) >= 11 is 1.65. The summed E-state index contributed by atoms with van der Waals surface area (Å²) < 4.78 is 1.57. The third kappa shape index (κ3) is 4.05. The van der Waals surface area contributed by atoms with Crippen LogP contribution in [0.25, 0.3) is 0 Å². The van der Waals surface area contributed by atoms with Crippen LogP contribution in [0.15, 0.2) is 6.07 Å². The maximum absolute atomic E-state index is 12.0. The Morgan fingerprint density at radius 2 is 2.41 bits per heavy atom. The molecule has 1 rings (SSSR count). The topological polar surface area (TPSA) is 67.2 Å². The van der Waals surface area contributed by atoms with Gasteiger partial charge in [0, 0.05) is 25.4 Å². The lowest BCUT2D eigenvalue weighted by Crippen LogP contribution is -2.38. The van der Waals surface area contributed by atoms with Crippen LogP contribution in [0.3, 0.4) is 0 Å². The predicted molar refractivity (Wildman–Crippen MR) is 69.3 cm³/mol. The van der Waals surface area contributed by atoms with E-state index in [0.29, 0.717) is 12.1 Å². The maximum Gasteiger partial charge on any atom is 0.269 e. The first-order chi connectivity index (χ1) is 8.08. The van der Waals surface area contributed by atoms with Crippen molar-refractivity contribution in [3.05, 3.63) is 17.5 Å². The highest BCUT2D eigenvalue weighted by atomic mass is 32.2. The van der Waals surface area contributed by atoms with Crippen LogP contribution in [0.2, 0.25) is 0 Å². The Balaban J connectivity index is 2.66. The van der Waals surface area contributed by atoms with Gasteiger partial charge in [-0.25, -0.2) is 0 Å². The van der Waals surface area contributed by atoms with Gasteiger partial charge in [0.05, 0.1) is 5.69 Å². The first-order valence-electron chi connectivity index (χ1n) is 5.49. The Morgan fingerprint density at radius 1 is 1.71 bits per heavy atom. The highest BCUT2D eigenvalue weighted by Crippen LogP contribution is 2.05. The lowest BCUT2D eigenvalue weighted by Gasteiger charge is -2.16. The van der Waals surface area contributed by atoms with E-state index in [1.165, 1.54) is 0 Å². The van der Waals surface area contributed by atoms with Crippen molar-refractivity contribution in [3.63, 3.8) is 0 Å². The van der Waals surface area contributed by atoms with Crippen LogP contribution in [-0.2, 0) is 7.05 Å². The molecule has 1 heterocycles. The number of aliphatic hydroxyl groups is 1. The van der Waals surface area contributed by atoms with Gasteiger partial charge in [-0.05, 0) is 25.7 Å². The number of thioether (sulfide) groups is 1. The molecule has 0 aliphatic rings. The number of carbonyl (C=O) groups is 1. The Bertz CT molecular complexity index is 373. The van der Waals surface area contributed by atoms with Gasteiger partial charge >= 0.3 is 0 Å². The number of hydrogen-bond donors (Lipinski definition) is 2. The summed E-state index contributed by atoms with van der Waals surface area (Å²) in [6.45, 7) is 1.93. The van der Waals surface area contributed by atoms with E-state index in [0.717, 1.165) is 11.4 Å².